The third-order valence-corrected chi connectivity index (χ3v) is 9.50. The Labute approximate surface area is 268 Å². The number of dihydropyridines is 1. The SMILES string of the molecule is C1=C(c2ccccc2)CNC=C1c1ccc(-c2c3ccccc3c(-c3ccc4ccccc4c3)c3ccccc23)c2ccccc12. The highest BCUT2D eigenvalue weighted by Gasteiger charge is 2.20. The van der Waals surface area contributed by atoms with Gasteiger partial charge in [0, 0.05) is 12.7 Å². The molecule has 8 aromatic carbocycles. The molecule has 0 atom stereocenters. The van der Waals surface area contributed by atoms with Crippen molar-refractivity contribution in [3.63, 3.8) is 0 Å². The van der Waals surface area contributed by atoms with Crippen LogP contribution >= 0.6 is 0 Å². The van der Waals surface area contributed by atoms with Gasteiger partial charge >= 0.3 is 0 Å². The Hall–Kier alpha value is -5.92. The first kappa shape index (κ1) is 26.5. The summed E-state index contributed by atoms with van der Waals surface area (Å²) in [5.74, 6) is 0. The van der Waals surface area contributed by atoms with Gasteiger partial charge in [-0.1, -0.05) is 152 Å². The minimum atomic E-state index is 0.824. The van der Waals surface area contributed by atoms with Gasteiger partial charge in [0.25, 0.3) is 0 Å². The summed E-state index contributed by atoms with van der Waals surface area (Å²) in [5, 5.41) is 13.7. The van der Waals surface area contributed by atoms with Gasteiger partial charge in [0.2, 0.25) is 0 Å². The van der Waals surface area contributed by atoms with Crippen LogP contribution in [-0.4, -0.2) is 6.54 Å². The molecule has 0 spiro atoms. The van der Waals surface area contributed by atoms with Gasteiger partial charge in [-0.25, -0.2) is 0 Å². The molecular weight excluding hydrogens is 555 g/mol. The zero-order chi connectivity index (χ0) is 30.5. The molecule has 0 saturated heterocycles. The number of allylic oxidation sites excluding steroid dienone is 2. The van der Waals surface area contributed by atoms with Gasteiger partial charge in [0.05, 0.1) is 0 Å². The van der Waals surface area contributed by atoms with E-state index in [0.29, 0.717) is 0 Å². The monoisotopic (exact) mass is 585 g/mol. The maximum atomic E-state index is 3.54. The second kappa shape index (κ2) is 10.9. The summed E-state index contributed by atoms with van der Waals surface area (Å²) >= 11 is 0. The zero-order valence-electron chi connectivity index (χ0n) is 25.4. The molecule has 1 nitrogen and oxygen atoms in total. The average Bonchev–Trinajstić information content (AvgIpc) is 3.14. The van der Waals surface area contributed by atoms with E-state index in [1.807, 2.05) is 0 Å². The average molecular weight is 586 g/mol. The fourth-order valence-electron chi connectivity index (χ4n) is 7.39. The first-order chi connectivity index (χ1) is 22.8. The Morgan fingerprint density at radius 1 is 0.391 bits per heavy atom. The van der Waals surface area contributed by atoms with Crippen LogP contribution in [0.3, 0.4) is 0 Å². The summed E-state index contributed by atoms with van der Waals surface area (Å²) < 4.78 is 0. The Balaban J connectivity index is 1.29. The molecule has 0 aromatic heterocycles. The maximum absolute atomic E-state index is 3.54. The van der Waals surface area contributed by atoms with Crippen molar-refractivity contribution in [2.75, 3.05) is 6.54 Å². The summed E-state index contributed by atoms with van der Waals surface area (Å²) in [6.07, 6.45) is 4.51. The molecule has 0 fully saturated rings. The summed E-state index contributed by atoms with van der Waals surface area (Å²) in [6, 6.07) is 57.6. The van der Waals surface area contributed by atoms with Crippen LogP contribution in [0.15, 0.2) is 170 Å². The molecule has 0 aliphatic carbocycles. The second-order valence-electron chi connectivity index (χ2n) is 12.1. The van der Waals surface area contributed by atoms with Crippen LogP contribution in [0.2, 0.25) is 0 Å². The number of rotatable bonds is 4. The Bertz CT molecular complexity index is 2460. The fraction of sp³-hybridized carbons (Fsp3) is 0.0222. The van der Waals surface area contributed by atoms with Gasteiger partial charge in [0.15, 0.2) is 0 Å². The van der Waals surface area contributed by atoms with Crippen LogP contribution in [0, 0.1) is 0 Å². The van der Waals surface area contributed by atoms with E-state index < -0.39 is 0 Å². The lowest BCUT2D eigenvalue weighted by atomic mass is 9.83. The van der Waals surface area contributed by atoms with Gasteiger partial charge in [0.1, 0.15) is 0 Å². The van der Waals surface area contributed by atoms with Crippen molar-refractivity contribution in [1.82, 2.24) is 5.32 Å². The smallest absolute Gasteiger partial charge is 0.0401 e. The number of hydrogen-bond acceptors (Lipinski definition) is 1. The van der Waals surface area contributed by atoms with E-state index in [1.54, 1.807) is 0 Å². The molecule has 216 valence electrons. The normalized spacial score (nSPS) is 13.1. The van der Waals surface area contributed by atoms with Crippen LogP contribution in [0.4, 0.5) is 0 Å². The van der Waals surface area contributed by atoms with Crippen molar-refractivity contribution in [2.45, 2.75) is 0 Å². The molecule has 1 N–H and O–H groups in total. The van der Waals surface area contributed by atoms with Crippen molar-refractivity contribution in [1.29, 1.82) is 0 Å². The van der Waals surface area contributed by atoms with Crippen LogP contribution in [0.5, 0.6) is 0 Å². The number of hydrogen-bond donors (Lipinski definition) is 1. The lowest BCUT2D eigenvalue weighted by Gasteiger charge is -2.21. The molecule has 0 bridgehead atoms. The highest BCUT2D eigenvalue weighted by molar-refractivity contribution is 6.24. The molecule has 1 aliphatic rings. The highest BCUT2D eigenvalue weighted by atomic mass is 14.8. The maximum Gasteiger partial charge on any atom is 0.0401 e. The third-order valence-electron chi connectivity index (χ3n) is 9.50. The van der Waals surface area contributed by atoms with Crippen molar-refractivity contribution in [3.8, 4) is 22.3 Å². The number of benzene rings is 8. The first-order valence-electron chi connectivity index (χ1n) is 16.0. The van der Waals surface area contributed by atoms with Gasteiger partial charge in [-0.15, -0.1) is 0 Å². The Kier molecular flexibility index (Phi) is 6.28. The first-order valence-corrected chi connectivity index (χ1v) is 16.0. The standard InChI is InChI=1S/C45H31N/c1-2-12-30(13-3-1)34-27-35(29-46-28-34)36-24-25-43(38-17-7-6-16-37(36)38)45-41-20-10-8-18-39(41)44(40-19-9-11-21-42(40)45)33-23-22-31-14-4-5-15-32(31)26-33/h1-27,29,46H,28H2. The predicted molar refractivity (Wildman–Crippen MR) is 198 cm³/mol. The zero-order valence-corrected chi connectivity index (χ0v) is 25.4. The molecule has 1 aliphatic heterocycles. The minimum Gasteiger partial charge on any atom is -0.386 e. The van der Waals surface area contributed by atoms with Crippen LogP contribution in [-0.2, 0) is 0 Å². The summed E-state index contributed by atoms with van der Waals surface area (Å²) in [5.41, 5.74) is 10.1. The highest BCUT2D eigenvalue weighted by Crippen LogP contribution is 2.46. The molecule has 46 heavy (non-hydrogen) atoms. The van der Waals surface area contributed by atoms with E-state index in [9.17, 15) is 0 Å². The van der Waals surface area contributed by atoms with Crippen molar-refractivity contribution in [2.24, 2.45) is 0 Å². The molecule has 9 rings (SSSR count). The molecule has 0 saturated carbocycles. The molecule has 1 heteroatoms. The van der Waals surface area contributed by atoms with Crippen molar-refractivity contribution >= 4 is 54.2 Å². The lowest BCUT2D eigenvalue weighted by Crippen LogP contribution is -2.14. The molecule has 0 amide bonds. The van der Waals surface area contributed by atoms with Crippen LogP contribution in [0.1, 0.15) is 11.1 Å². The van der Waals surface area contributed by atoms with E-state index in [1.165, 1.54) is 87.6 Å². The van der Waals surface area contributed by atoms with Crippen LogP contribution < -0.4 is 5.32 Å². The fourth-order valence-corrected chi connectivity index (χ4v) is 7.39. The molecule has 1 heterocycles. The lowest BCUT2D eigenvalue weighted by molar-refractivity contribution is 0.991. The quantitative estimate of drug-likeness (QED) is 0.203. The van der Waals surface area contributed by atoms with Crippen LogP contribution in [0.25, 0.3) is 76.5 Å². The van der Waals surface area contributed by atoms with E-state index >= 15 is 0 Å². The summed E-state index contributed by atoms with van der Waals surface area (Å²) in [4.78, 5) is 0. The Morgan fingerprint density at radius 2 is 0.935 bits per heavy atom. The second-order valence-corrected chi connectivity index (χ2v) is 12.1. The van der Waals surface area contributed by atoms with E-state index in [-0.39, 0.29) is 0 Å². The molecule has 8 aromatic rings. The molecule has 0 radical (unpaired) electrons. The van der Waals surface area contributed by atoms with Gasteiger partial charge < -0.3 is 5.32 Å². The van der Waals surface area contributed by atoms with E-state index in [4.69, 9.17) is 0 Å². The molecule has 0 unspecified atom stereocenters. The van der Waals surface area contributed by atoms with E-state index in [0.717, 1.165) is 6.54 Å². The van der Waals surface area contributed by atoms with E-state index in [2.05, 4.69) is 175 Å². The Morgan fingerprint density at radius 3 is 1.63 bits per heavy atom. The topological polar surface area (TPSA) is 12.0 Å². The summed E-state index contributed by atoms with van der Waals surface area (Å²) in [7, 11) is 0. The van der Waals surface area contributed by atoms with Gasteiger partial charge in [-0.3, -0.25) is 0 Å². The van der Waals surface area contributed by atoms with Crippen molar-refractivity contribution < 1.29 is 0 Å². The summed E-state index contributed by atoms with van der Waals surface area (Å²) in [6.45, 7) is 0.824. The van der Waals surface area contributed by atoms with Gasteiger partial charge in [-0.05, 0) is 99.8 Å². The number of nitrogens with one attached hydrogen (secondary N) is 1. The predicted octanol–water partition coefficient (Wildman–Crippen LogP) is 11.7. The molecular formula is C45H31N. The third kappa shape index (κ3) is 4.32. The van der Waals surface area contributed by atoms with Crippen molar-refractivity contribution in [3.05, 3.63) is 181 Å². The largest absolute Gasteiger partial charge is 0.386 e. The van der Waals surface area contributed by atoms with Gasteiger partial charge in [-0.2, -0.15) is 0 Å². The minimum absolute atomic E-state index is 0.824. The number of fused-ring (bicyclic) bond motifs is 4.